The Labute approximate surface area is 187 Å². The summed E-state index contributed by atoms with van der Waals surface area (Å²) < 4.78 is 10.4. The van der Waals surface area contributed by atoms with Crippen molar-refractivity contribution in [1.29, 1.82) is 0 Å². The van der Waals surface area contributed by atoms with Crippen molar-refractivity contribution in [3.63, 3.8) is 0 Å². The molecule has 166 valence electrons. The average molecular weight is 434 g/mol. The van der Waals surface area contributed by atoms with E-state index in [0.717, 1.165) is 29.8 Å². The molecule has 1 aromatic heterocycles. The third-order valence-electron chi connectivity index (χ3n) is 5.49. The van der Waals surface area contributed by atoms with E-state index in [2.05, 4.69) is 5.32 Å². The molecule has 0 unspecified atom stereocenters. The monoisotopic (exact) mass is 433 g/mol. The first kappa shape index (κ1) is 21.5. The molecule has 1 aliphatic rings. The van der Waals surface area contributed by atoms with Gasteiger partial charge in [0.1, 0.15) is 5.75 Å². The maximum Gasteiger partial charge on any atom is 0.291 e. The van der Waals surface area contributed by atoms with Gasteiger partial charge < -0.3 is 24.3 Å². The van der Waals surface area contributed by atoms with Gasteiger partial charge in [-0.3, -0.25) is 9.59 Å². The summed E-state index contributed by atoms with van der Waals surface area (Å²) >= 11 is 0. The molecule has 3 aromatic rings. The predicted molar refractivity (Wildman–Crippen MR) is 123 cm³/mol. The second kappa shape index (κ2) is 9.18. The Morgan fingerprint density at radius 2 is 1.84 bits per heavy atom. The van der Waals surface area contributed by atoms with Crippen LogP contribution in [0.5, 0.6) is 5.75 Å². The Morgan fingerprint density at radius 1 is 1.09 bits per heavy atom. The van der Waals surface area contributed by atoms with Crippen LogP contribution in [0, 0.1) is 0 Å². The fourth-order valence-electron chi connectivity index (χ4n) is 3.66. The van der Waals surface area contributed by atoms with E-state index >= 15 is 0 Å². The number of hydrogen-bond acceptors (Lipinski definition) is 5. The van der Waals surface area contributed by atoms with Crippen molar-refractivity contribution in [2.24, 2.45) is 0 Å². The van der Waals surface area contributed by atoms with E-state index in [1.807, 2.05) is 42.1 Å². The largest absolute Gasteiger partial charge is 0.497 e. The zero-order valence-corrected chi connectivity index (χ0v) is 18.5. The lowest BCUT2D eigenvalue weighted by Crippen LogP contribution is -2.33. The van der Waals surface area contributed by atoms with Crippen molar-refractivity contribution in [1.82, 2.24) is 4.90 Å². The molecule has 4 rings (SSSR count). The fraction of sp³-hybridized carbons (Fsp3) is 0.280. The van der Waals surface area contributed by atoms with Crippen LogP contribution >= 0.6 is 0 Å². The van der Waals surface area contributed by atoms with Gasteiger partial charge in [-0.15, -0.1) is 0 Å². The first-order valence-corrected chi connectivity index (χ1v) is 10.6. The van der Waals surface area contributed by atoms with Crippen molar-refractivity contribution in [3.05, 3.63) is 77.7 Å². The van der Waals surface area contributed by atoms with E-state index in [1.165, 1.54) is 6.26 Å². The highest BCUT2D eigenvalue weighted by Gasteiger charge is 2.33. The van der Waals surface area contributed by atoms with Crippen LogP contribution in [-0.2, 0) is 6.54 Å². The quantitative estimate of drug-likeness (QED) is 0.570. The van der Waals surface area contributed by atoms with E-state index in [-0.39, 0.29) is 23.6 Å². The molecule has 0 aliphatic heterocycles. The first-order chi connectivity index (χ1) is 15.5. The number of amides is 2. The Bertz CT molecular complexity index is 1090. The Kier molecular flexibility index (Phi) is 6.16. The third kappa shape index (κ3) is 4.77. The van der Waals surface area contributed by atoms with E-state index in [4.69, 9.17) is 9.15 Å². The molecule has 0 bridgehead atoms. The number of furan rings is 1. The molecule has 1 heterocycles. The van der Waals surface area contributed by atoms with Gasteiger partial charge in [-0.25, -0.2) is 0 Å². The summed E-state index contributed by atoms with van der Waals surface area (Å²) in [5.74, 6) is 0.642. The van der Waals surface area contributed by atoms with Crippen LogP contribution in [0.25, 0.3) is 0 Å². The lowest BCUT2D eigenvalue weighted by molar-refractivity contribution is 0.0730. The molecular formula is C25H27N3O4. The molecule has 1 aliphatic carbocycles. The molecule has 0 saturated heterocycles. The highest BCUT2D eigenvalue weighted by molar-refractivity contribution is 6.02. The fourth-order valence-corrected chi connectivity index (χ4v) is 3.66. The highest BCUT2D eigenvalue weighted by Crippen LogP contribution is 2.33. The van der Waals surface area contributed by atoms with Crippen LogP contribution in [0.2, 0.25) is 0 Å². The van der Waals surface area contributed by atoms with Crippen LogP contribution in [-0.4, -0.2) is 44.0 Å². The van der Waals surface area contributed by atoms with Crippen LogP contribution < -0.4 is 15.0 Å². The van der Waals surface area contributed by atoms with Crippen molar-refractivity contribution in [2.75, 3.05) is 31.4 Å². The molecule has 0 spiro atoms. The van der Waals surface area contributed by atoms with Crippen molar-refractivity contribution < 1.29 is 18.7 Å². The number of carbonyl (C=O) groups excluding carboxylic acids is 2. The van der Waals surface area contributed by atoms with E-state index < -0.39 is 0 Å². The maximum atomic E-state index is 13.3. The van der Waals surface area contributed by atoms with E-state index in [0.29, 0.717) is 17.8 Å². The number of rotatable bonds is 8. The van der Waals surface area contributed by atoms with Gasteiger partial charge in [0, 0.05) is 43.6 Å². The molecule has 7 nitrogen and oxygen atoms in total. The lowest BCUT2D eigenvalue weighted by atomic mass is 10.1. The van der Waals surface area contributed by atoms with Crippen LogP contribution in [0.15, 0.2) is 65.3 Å². The molecular weight excluding hydrogens is 406 g/mol. The summed E-state index contributed by atoms with van der Waals surface area (Å²) in [5.41, 5.74) is 3.24. The smallest absolute Gasteiger partial charge is 0.291 e. The van der Waals surface area contributed by atoms with Gasteiger partial charge in [0.05, 0.1) is 13.4 Å². The molecule has 32 heavy (non-hydrogen) atoms. The SMILES string of the molecule is COc1ccc(C(=O)N(Cc2cc(NC(=O)c3ccco3)ccc2N(C)C)C2CC2)cc1. The second-order valence-electron chi connectivity index (χ2n) is 8.06. The topological polar surface area (TPSA) is 75.0 Å². The molecule has 1 fully saturated rings. The van der Waals surface area contributed by atoms with Gasteiger partial charge in [-0.2, -0.15) is 0 Å². The van der Waals surface area contributed by atoms with Gasteiger partial charge in [0.25, 0.3) is 11.8 Å². The summed E-state index contributed by atoms with van der Waals surface area (Å²) in [6.45, 7) is 0.452. The van der Waals surface area contributed by atoms with Gasteiger partial charge in [-0.05, 0) is 73.0 Å². The zero-order chi connectivity index (χ0) is 22.7. The number of methoxy groups -OCH3 is 1. The minimum absolute atomic E-state index is 0.00937. The molecule has 1 saturated carbocycles. The highest BCUT2D eigenvalue weighted by atomic mass is 16.5. The van der Waals surface area contributed by atoms with Crippen LogP contribution in [0.3, 0.4) is 0 Å². The summed E-state index contributed by atoms with van der Waals surface area (Å²) in [4.78, 5) is 29.6. The average Bonchev–Trinajstić information content (AvgIpc) is 3.49. The molecule has 0 radical (unpaired) electrons. The van der Waals surface area contributed by atoms with Gasteiger partial charge in [0.15, 0.2) is 5.76 Å². The van der Waals surface area contributed by atoms with Crippen LogP contribution in [0.1, 0.15) is 39.3 Å². The van der Waals surface area contributed by atoms with Crippen molar-refractivity contribution in [3.8, 4) is 5.75 Å². The summed E-state index contributed by atoms with van der Waals surface area (Å²) in [5, 5.41) is 2.87. The first-order valence-electron chi connectivity index (χ1n) is 10.6. The zero-order valence-electron chi connectivity index (χ0n) is 18.5. The normalized spacial score (nSPS) is 12.8. The van der Waals surface area contributed by atoms with Crippen LogP contribution in [0.4, 0.5) is 11.4 Å². The Morgan fingerprint density at radius 3 is 2.44 bits per heavy atom. The third-order valence-corrected chi connectivity index (χ3v) is 5.49. The van der Waals surface area contributed by atoms with Crippen molar-refractivity contribution >= 4 is 23.2 Å². The minimum Gasteiger partial charge on any atom is -0.497 e. The number of nitrogens with one attached hydrogen (secondary N) is 1. The number of anilines is 2. The summed E-state index contributed by atoms with van der Waals surface area (Å²) in [6.07, 6.45) is 3.45. The number of nitrogens with zero attached hydrogens (tertiary/aromatic N) is 2. The summed E-state index contributed by atoms with van der Waals surface area (Å²) in [6, 6.07) is 16.4. The number of ether oxygens (including phenoxy) is 1. The molecule has 2 amide bonds. The molecule has 1 N–H and O–H groups in total. The van der Waals surface area contributed by atoms with E-state index in [1.54, 1.807) is 43.5 Å². The van der Waals surface area contributed by atoms with E-state index in [9.17, 15) is 9.59 Å². The number of carbonyl (C=O) groups is 2. The molecule has 7 heteroatoms. The molecule has 0 atom stereocenters. The lowest BCUT2D eigenvalue weighted by Gasteiger charge is -2.26. The van der Waals surface area contributed by atoms with Gasteiger partial charge in [-0.1, -0.05) is 0 Å². The standard InChI is InChI=1S/C25H27N3O4/c1-27(2)22-13-8-19(26-24(29)23-5-4-14-32-23)15-18(22)16-28(20-9-10-20)25(30)17-6-11-21(31-3)12-7-17/h4-8,11-15,20H,9-10,16H2,1-3H3,(H,26,29). The number of hydrogen-bond donors (Lipinski definition) is 1. The van der Waals surface area contributed by atoms with Crippen molar-refractivity contribution in [2.45, 2.75) is 25.4 Å². The molecule has 2 aromatic carbocycles. The maximum absolute atomic E-state index is 13.3. The Hall–Kier alpha value is -3.74. The summed E-state index contributed by atoms with van der Waals surface area (Å²) in [7, 11) is 5.53. The predicted octanol–water partition coefficient (Wildman–Crippen LogP) is 4.41. The number of benzene rings is 2. The second-order valence-corrected chi connectivity index (χ2v) is 8.06. The minimum atomic E-state index is -0.313. The van der Waals surface area contributed by atoms with Gasteiger partial charge in [0.2, 0.25) is 0 Å². The van der Waals surface area contributed by atoms with Gasteiger partial charge >= 0.3 is 0 Å². The Balaban J connectivity index is 1.59.